The lowest BCUT2D eigenvalue weighted by molar-refractivity contribution is -0.128. The summed E-state index contributed by atoms with van der Waals surface area (Å²) in [5.41, 5.74) is 4.73. The number of piperazine rings is 1. The van der Waals surface area contributed by atoms with Crippen molar-refractivity contribution in [1.29, 1.82) is 0 Å². The molecule has 0 bridgehead atoms. The van der Waals surface area contributed by atoms with Crippen molar-refractivity contribution in [3.8, 4) is 5.69 Å². The third-order valence-electron chi connectivity index (χ3n) is 6.43. The van der Waals surface area contributed by atoms with Crippen molar-refractivity contribution in [1.82, 2.24) is 14.5 Å². The van der Waals surface area contributed by atoms with Crippen molar-refractivity contribution in [3.05, 3.63) is 94.3 Å². The van der Waals surface area contributed by atoms with Crippen LogP contribution in [0.3, 0.4) is 0 Å². The summed E-state index contributed by atoms with van der Waals surface area (Å²) in [7, 11) is 0. The third kappa shape index (κ3) is 4.82. The van der Waals surface area contributed by atoms with Crippen molar-refractivity contribution in [2.24, 2.45) is 0 Å². The van der Waals surface area contributed by atoms with Gasteiger partial charge in [0.05, 0.1) is 22.3 Å². The van der Waals surface area contributed by atoms with Crippen LogP contribution in [-0.4, -0.2) is 52.3 Å². The van der Waals surface area contributed by atoms with E-state index in [1.54, 1.807) is 10.6 Å². The Labute approximate surface area is 209 Å². The Morgan fingerprint density at radius 3 is 2.43 bits per heavy atom. The molecule has 1 aliphatic heterocycles. The summed E-state index contributed by atoms with van der Waals surface area (Å²) in [6, 6.07) is 23.6. The van der Waals surface area contributed by atoms with E-state index in [1.807, 2.05) is 54.3 Å². The number of hydrogen-bond donors (Lipinski definition) is 0. The van der Waals surface area contributed by atoms with Gasteiger partial charge in [0.25, 0.3) is 5.56 Å². The quantitative estimate of drug-likeness (QED) is 0.310. The Balaban J connectivity index is 1.35. The zero-order chi connectivity index (χ0) is 24.4. The van der Waals surface area contributed by atoms with Gasteiger partial charge in [0.2, 0.25) is 5.91 Å². The van der Waals surface area contributed by atoms with E-state index in [-0.39, 0.29) is 17.2 Å². The van der Waals surface area contributed by atoms with E-state index in [0.29, 0.717) is 29.1 Å². The summed E-state index contributed by atoms with van der Waals surface area (Å²) >= 11 is 1.33. The van der Waals surface area contributed by atoms with Crippen LogP contribution >= 0.6 is 11.8 Å². The minimum atomic E-state index is -0.119. The molecule has 0 saturated carbocycles. The highest BCUT2D eigenvalue weighted by molar-refractivity contribution is 7.99. The summed E-state index contributed by atoms with van der Waals surface area (Å²) in [6.45, 7) is 7.05. The molecule has 0 N–H and O–H groups in total. The lowest BCUT2D eigenvalue weighted by Crippen LogP contribution is -2.49. The maximum atomic E-state index is 13.5. The summed E-state index contributed by atoms with van der Waals surface area (Å²) in [6.07, 6.45) is 0. The number of carbonyl (C=O) groups is 1. The van der Waals surface area contributed by atoms with Crippen LogP contribution in [0.2, 0.25) is 0 Å². The fraction of sp³-hybridized carbons (Fsp3) is 0.250. The standard InChI is InChI=1S/C28H28N4O2S/c1-20-8-7-10-22(18-20)30-14-16-31(17-15-30)26(33)19-35-28-29-24-12-5-4-11-23(24)27(34)32(28)25-13-6-3-9-21(25)2/h3-13,18H,14-17,19H2,1-2H3. The Morgan fingerprint density at radius 2 is 1.66 bits per heavy atom. The molecule has 0 spiro atoms. The first-order chi connectivity index (χ1) is 17.0. The van der Waals surface area contributed by atoms with Crippen molar-refractivity contribution in [2.45, 2.75) is 19.0 Å². The highest BCUT2D eigenvalue weighted by Gasteiger charge is 2.23. The largest absolute Gasteiger partial charge is 0.368 e. The number of para-hydroxylation sites is 2. The number of aryl methyl sites for hydroxylation is 2. The second-order valence-electron chi connectivity index (χ2n) is 8.83. The maximum Gasteiger partial charge on any atom is 0.266 e. The number of fused-ring (bicyclic) bond motifs is 1. The zero-order valence-electron chi connectivity index (χ0n) is 20.0. The Bertz CT molecular complexity index is 1440. The van der Waals surface area contributed by atoms with E-state index in [9.17, 15) is 9.59 Å². The molecule has 1 amide bonds. The minimum absolute atomic E-state index is 0.0673. The summed E-state index contributed by atoms with van der Waals surface area (Å²) in [5.74, 6) is 0.304. The van der Waals surface area contributed by atoms with Crippen LogP contribution in [0.1, 0.15) is 11.1 Å². The van der Waals surface area contributed by atoms with Crippen LogP contribution in [0, 0.1) is 13.8 Å². The number of carbonyl (C=O) groups excluding carboxylic acids is 1. The molecule has 0 aliphatic carbocycles. The molecule has 1 fully saturated rings. The van der Waals surface area contributed by atoms with Gasteiger partial charge in [0, 0.05) is 31.9 Å². The van der Waals surface area contributed by atoms with Gasteiger partial charge in [-0.25, -0.2) is 4.98 Å². The molecule has 2 heterocycles. The molecular formula is C28H28N4O2S. The summed E-state index contributed by atoms with van der Waals surface area (Å²) in [5, 5.41) is 1.11. The van der Waals surface area contributed by atoms with E-state index in [4.69, 9.17) is 4.98 Å². The molecule has 3 aromatic carbocycles. The average Bonchev–Trinajstić information content (AvgIpc) is 2.88. The van der Waals surface area contributed by atoms with Crippen LogP contribution in [-0.2, 0) is 4.79 Å². The Hall–Kier alpha value is -3.58. The molecule has 4 aromatic rings. The minimum Gasteiger partial charge on any atom is -0.368 e. The predicted octanol–water partition coefficient (Wildman–Crippen LogP) is 4.44. The molecule has 7 heteroatoms. The van der Waals surface area contributed by atoms with Crippen LogP contribution in [0.15, 0.2) is 82.7 Å². The fourth-order valence-corrected chi connectivity index (χ4v) is 5.40. The second kappa shape index (κ2) is 9.96. The number of rotatable bonds is 5. The van der Waals surface area contributed by atoms with E-state index in [2.05, 4.69) is 36.1 Å². The molecule has 0 atom stereocenters. The van der Waals surface area contributed by atoms with Gasteiger partial charge in [-0.05, 0) is 55.3 Å². The van der Waals surface area contributed by atoms with Gasteiger partial charge in [0.1, 0.15) is 0 Å². The van der Waals surface area contributed by atoms with Crippen LogP contribution in [0.25, 0.3) is 16.6 Å². The molecule has 1 saturated heterocycles. The van der Waals surface area contributed by atoms with Crippen LogP contribution in [0.5, 0.6) is 0 Å². The summed E-state index contributed by atoms with van der Waals surface area (Å²) < 4.78 is 1.64. The molecule has 6 nitrogen and oxygen atoms in total. The first-order valence-electron chi connectivity index (χ1n) is 11.8. The van der Waals surface area contributed by atoms with Crippen LogP contribution in [0.4, 0.5) is 5.69 Å². The molecule has 0 unspecified atom stereocenters. The van der Waals surface area contributed by atoms with Gasteiger partial charge in [-0.1, -0.05) is 54.2 Å². The number of anilines is 1. The maximum absolute atomic E-state index is 13.5. The van der Waals surface area contributed by atoms with Gasteiger partial charge in [-0.3, -0.25) is 14.2 Å². The monoisotopic (exact) mass is 484 g/mol. The predicted molar refractivity (Wildman–Crippen MR) is 143 cm³/mol. The van der Waals surface area contributed by atoms with Gasteiger partial charge in [0.15, 0.2) is 5.16 Å². The third-order valence-corrected chi connectivity index (χ3v) is 7.35. The molecule has 1 aromatic heterocycles. The second-order valence-corrected chi connectivity index (χ2v) is 9.78. The highest BCUT2D eigenvalue weighted by Crippen LogP contribution is 2.24. The molecular weight excluding hydrogens is 456 g/mol. The SMILES string of the molecule is Cc1cccc(N2CCN(C(=O)CSc3nc4ccccc4c(=O)n3-c3ccccc3C)CC2)c1. The van der Waals surface area contributed by atoms with Crippen LogP contribution < -0.4 is 10.5 Å². The number of amides is 1. The number of aromatic nitrogens is 2. The van der Waals surface area contributed by atoms with E-state index < -0.39 is 0 Å². The summed E-state index contributed by atoms with van der Waals surface area (Å²) in [4.78, 5) is 35.6. The molecule has 5 rings (SSSR count). The number of benzene rings is 3. The molecule has 0 radical (unpaired) electrons. The molecule has 178 valence electrons. The lowest BCUT2D eigenvalue weighted by Gasteiger charge is -2.36. The van der Waals surface area contributed by atoms with Crippen molar-refractivity contribution in [3.63, 3.8) is 0 Å². The van der Waals surface area contributed by atoms with E-state index in [1.165, 1.54) is 23.0 Å². The highest BCUT2D eigenvalue weighted by atomic mass is 32.2. The Morgan fingerprint density at radius 1 is 0.914 bits per heavy atom. The number of nitrogens with zero attached hydrogens (tertiary/aromatic N) is 4. The normalized spacial score (nSPS) is 13.9. The first-order valence-corrected chi connectivity index (χ1v) is 12.8. The number of hydrogen-bond acceptors (Lipinski definition) is 5. The van der Waals surface area contributed by atoms with Gasteiger partial charge in [-0.15, -0.1) is 0 Å². The fourth-order valence-electron chi connectivity index (χ4n) is 4.49. The van der Waals surface area contributed by atoms with E-state index in [0.717, 1.165) is 24.3 Å². The number of thioether (sulfide) groups is 1. The van der Waals surface area contributed by atoms with Crippen molar-refractivity contribution in [2.75, 3.05) is 36.8 Å². The zero-order valence-corrected chi connectivity index (χ0v) is 20.8. The van der Waals surface area contributed by atoms with E-state index >= 15 is 0 Å². The lowest BCUT2D eigenvalue weighted by atomic mass is 10.2. The van der Waals surface area contributed by atoms with Crippen molar-refractivity contribution >= 4 is 34.3 Å². The smallest absolute Gasteiger partial charge is 0.266 e. The van der Waals surface area contributed by atoms with Crippen molar-refractivity contribution < 1.29 is 4.79 Å². The molecule has 35 heavy (non-hydrogen) atoms. The van der Waals surface area contributed by atoms with Gasteiger partial charge < -0.3 is 9.80 Å². The van der Waals surface area contributed by atoms with Gasteiger partial charge in [-0.2, -0.15) is 0 Å². The first kappa shape index (κ1) is 23.2. The molecule has 1 aliphatic rings. The topological polar surface area (TPSA) is 58.4 Å². The van der Waals surface area contributed by atoms with Gasteiger partial charge >= 0.3 is 0 Å². The average molecular weight is 485 g/mol. The Kier molecular flexibility index (Phi) is 6.59.